The van der Waals surface area contributed by atoms with Crippen LogP contribution in [0, 0.1) is 5.92 Å². The molecule has 1 aliphatic rings. The maximum atomic E-state index is 9.87. The van der Waals surface area contributed by atoms with Gasteiger partial charge >= 0.3 is 0 Å². The van der Waals surface area contributed by atoms with Gasteiger partial charge in [0.15, 0.2) is 0 Å². The van der Waals surface area contributed by atoms with Crippen LogP contribution in [0.1, 0.15) is 44.8 Å². The number of rotatable bonds is 8. The second-order valence-electron chi connectivity index (χ2n) is 5.78. The highest BCUT2D eigenvalue weighted by Crippen LogP contribution is 2.37. The van der Waals surface area contributed by atoms with Crippen molar-refractivity contribution in [3.8, 4) is 0 Å². The summed E-state index contributed by atoms with van der Waals surface area (Å²) in [6.07, 6.45) is 3.09. The molecule has 0 bridgehead atoms. The van der Waals surface area contributed by atoms with E-state index in [-0.39, 0.29) is 6.10 Å². The van der Waals surface area contributed by atoms with E-state index in [2.05, 4.69) is 24.0 Å². The Hall–Kier alpha value is -1.06. The van der Waals surface area contributed by atoms with Crippen LogP contribution in [0.4, 0.5) is 5.69 Å². The highest BCUT2D eigenvalue weighted by atomic mass is 16.5. The number of anilines is 1. The molecule has 1 N–H and O–H groups in total. The van der Waals surface area contributed by atoms with Crippen molar-refractivity contribution in [3.63, 3.8) is 0 Å². The van der Waals surface area contributed by atoms with E-state index in [1.165, 1.54) is 18.5 Å². The first kappa shape index (κ1) is 15.3. The van der Waals surface area contributed by atoms with Gasteiger partial charge in [-0.2, -0.15) is 0 Å². The van der Waals surface area contributed by atoms with E-state index in [4.69, 9.17) is 4.74 Å². The van der Waals surface area contributed by atoms with E-state index in [1.54, 1.807) is 7.11 Å². The molecule has 20 heavy (non-hydrogen) atoms. The third-order valence-corrected chi connectivity index (χ3v) is 4.33. The minimum absolute atomic E-state index is 0.350. The maximum Gasteiger partial charge on any atom is 0.0787 e. The van der Waals surface area contributed by atoms with E-state index in [1.807, 2.05) is 19.1 Å². The summed E-state index contributed by atoms with van der Waals surface area (Å²) in [5.74, 6) is 0.827. The van der Waals surface area contributed by atoms with Gasteiger partial charge in [0.2, 0.25) is 0 Å². The van der Waals surface area contributed by atoms with Gasteiger partial charge in [-0.3, -0.25) is 0 Å². The molecule has 3 heteroatoms. The first-order valence-corrected chi connectivity index (χ1v) is 7.71. The number of ether oxygens (including phenoxy) is 1. The van der Waals surface area contributed by atoms with Gasteiger partial charge in [-0.05, 0) is 49.8 Å². The number of aliphatic hydroxyl groups is 1. The molecule has 1 aromatic carbocycles. The van der Waals surface area contributed by atoms with Gasteiger partial charge in [0.1, 0.15) is 0 Å². The Labute approximate surface area is 122 Å². The Balaban J connectivity index is 2.10. The lowest BCUT2D eigenvalue weighted by Crippen LogP contribution is -2.37. The SMILES string of the molecule is CCC(O)c1ccc(N(CCOC)C(C)C2CC2)cc1. The summed E-state index contributed by atoms with van der Waals surface area (Å²) in [6.45, 7) is 5.97. The number of hydrogen-bond acceptors (Lipinski definition) is 3. The highest BCUT2D eigenvalue weighted by molar-refractivity contribution is 5.49. The third-order valence-electron chi connectivity index (χ3n) is 4.33. The topological polar surface area (TPSA) is 32.7 Å². The van der Waals surface area contributed by atoms with Crippen molar-refractivity contribution in [2.45, 2.75) is 45.3 Å². The van der Waals surface area contributed by atoms with Crippen LogP contribution in [0.5, 0.6) is 0 Å². The predicted octanol–water partition coefficient (Wildman–Crippen LogP) is 3.38. The molecule has 0 amide bonds. The number of methoxy groups -OCH3 is 1. The monoisotopic (exact) mass is 277 g/mol. The molecule has 0 spiro atoms. The number of hydrogen-bond donors (Lipinski definition) is 1. The molecule has 1 saturated carbocycles. The third kappa shape index (κ3) is 3.74. The van der Waals surface area contributed by atoms with Crippen molar-refractivity contribution < 1.29 is 9.84 Å². The van der Waals surface area contributed by atoms with Crippen molar-refractivity contribution in [2.75, 3.05) is 25.2 Å². The van der Waals surface area contributed by atoms with Crippen molar-refractivity contribution in [1.82, 2.24) is 0 Å². The van der Waals surface area contributed by atoms with Crippen LogP contribution in [0.3, 0.4) is 0 Å². The summed E-state index contributed by atoms with van der Waals surface area (Å²) in [5, 5.41) is 9.87. The summed E-state index contributed by atoms with van der Waals surface area (Å²) in [4.78, 5) is 2.43. The van der Waals surface area contributed by atoms with E-state index in [9.17, 15) is 5.11 Å². The molecule has 1 aromatic rings. The summed E-state index contributed by atoms with van der Waals surface area (Å²) < 4.78 is 5.24. The fourth-order valence-corrected chi connectivity index (χ4v) is 2.71. The largest absolute Gasteiger partial charge is 0.388 e. The van der Waals surface area contributed by atoms with Crippen LogP contribution < -0.4 is 4.90 Å². The Morgan fingerprint density at radius 3 is 2.45 bits per heavy atom. The first-order valence-electron chi connectivity index (χ1n) is 7.71. The molecule has 0 aromatic heterocycles. The lowest BCUT2D eigenvalue weighted by Gasteiger charge is -2.31. The molecule has 2 rings (SSSR count). The molecule has 0 aliphatic heterocycles. The molecule has 1 aliphatic carbocycles. The summed E-state index contributed by atoms with van der Waals surface area (Å²) in [6, 6.07) is 8.91. The Bertz CT molecular complexity index is 400. The smallest absolute Gasteiger partial charge is 0.0787 e. The predicted molar refractivity (Wildman–Crippen MR) is 83.1 cm³/mol. The second kappa shape index (κ2) is 7.09. The Kier molecular flexibility index (Phi) is 5.44. The van der Waals surface area contributed by atoms with Gasteiger partial charge in [-0.15, -0.1) is 0 Å². The molecule has 2 unspecified atom stereocenters. The van der Waals surface area contributed by atoms with Crippen molar-refractivity contribution >= 4 is 5.69 Å². The van der Waals surface area contributed by atoms with Crippen LogP contribution >= 0.6 is 0 Å². The molecular formula is C17H27NO2. The van der Waals surface area contributed by atoms with E-state index >= 15 is 0 Å². The first-order chi connectivity index (χ1) is 9.67. The average molecular weight is 277 g/mol. The minimum atomic E-state index is -0.350. The van der Waals surface area contributed by atoms with Crippen molar-refractivity contribution in [3.05, 3.63) is 29.8 Å². The lowest BCUT2D eigenvalue weighted by molar-refractivity contribution is 0.173. The molecular weight excluding hydrogens is 250 g/mol. The number of benzene rings is 1. The van der Waals surface area contributed by atoms with Gasteiger partial charge in [-0.25, -0.2) is 0 Å². The maximum absolute atomic E-state index is 9.87. The van der Waals surface area contributed by atoms with Gasteiger partial charge < -0.3 is 14.7 Å². The molecule has 112 valence electrons. The number of aliphatic hydroxyl groups excluding tert-OH is 1. The fraction of sp³-hybridized carbons (Fsp3) is 0.647. The molecule has 0 saturated heterocycles. The van der Waals surface area contributed by atoms with Crippen LogP contribution in [0.2, 0.25) is 0 Å². The van der Waals surface area contributed by atoms with Crippen molar-refractivity contribution in [2.24, 2.45) is 5.92 Å². The molecule has 1 fully saturated rings. The van der Waals surface area contributed by atoms with Gasteiger partial charge in [0, 0.05) is 25.4 Å². The van der Waals surface area contributed by atoms with Crippen LogP contribution in [0.25, 0.3) is 0 Å². The van der Waals surface area contributed by atoms with E-state index < -0.39 is 0 Å². The Morgan fingerprint density at radius 1 is 1.30 bits per heavy atom. The van der Waals surface area contributed by atoms with Gasteiger partial charge in [-0.1, -0.05) is 19.1 Å². The van der Waals surface area contributed by atoms with Crippen molar-refractivity contribution in [1.29, 1.82) is 0 Å². The number of nitrogens with zero attached hydrogens (tertiary/aromatic N) is 1. The average Bonchev–Trinajstić information content (AvgIpc) is 3.32. The minimum Gasteiger partial charge on any atom is -0.388 e. The summed E-state index contributed by atoms with van der Waals surface area (Å²) >= 11 is 0. The highest BCUT2D eigenvalue weighted by Gasteiger charge is 2.32. The van der Waals surface area contributed by atoms with Crippen LogP contribution in [-0.4, -0.2) is 31.4 Å². The van der Waals surface area contributed by atoms with Gasteiger partial charge in [0.25, 0.3) is 0 Å². The molecule has 0 heterocycles. The van der Waals surface area contributed by atoms with E-state index in [0.29, 0.717) is 6.04 Å². The molecule has 2 atom stereocenters. The summed E-state index contributed by atoms with van der Waals surface area (Å²) in [7, 11) is 1.75. The zero-order chi connectivity index (χ0) is 14.5. The molecule has 0 radical (unpaired) electrons. The Morgan fingerprint density at radius 2 is 1.95 bits per heavy atom. The fourth-order valence-electron chi connectivity index (χ4n) is 2.71. The van der Waals surface area contributed by atoms with Crippen LogP contribution in [-0.2, 0) is 4.74 Å². The quantitative estimate of drug-likeness (QED) is 0.790. The zero-order valence-corrected chi connectivity index (χ0v) is 12.9. The standard InChI is InChI=1S/C17H27NO2/c1-4-17(19)15-7-9-16(10-8-15)18(11-12-20-3)13(2)14-5-6-14/h7-10,13-14,17,19H,4-6,11-12H2,1-3H3. The summed E-state index contributed by atoms with van der Waals surface area (Å²) in [5.41, 5.74) is 2.23. The molecule has 3 nitrogen and oxygen atoms in total. The van der Waals surface area contributed by atoms with Gasteiger partial charge in [0.05, 0.1) is 12.7 Å². The zero-order valence-electron chi connectivity index (χ0n) is 12.9. The lowest BCUT2D eigenvalue weighted by atomic mass is 10.1. The normalized spacial score (nSPS) is 17.8. The van der Waals surface area contributed by atoms with Crippen LogP contribution in [0.15, 0.2) is 24.3 Å². The second-order valence-corrected chi connectivity index (χ2v) is 5.78. The van der Waals surface area contributed by atoms with E-state index in [0.717, 1.165) is 31.1 Å².